The Bertz CT molecular complexity index is 94.6. The van der Waals surface area contributed by atoms with Crippen molar-refractivity contribution in [2.45, 2.75) is 0 Å². The van der Waals surface area contributed by atoms with Crippen LogP contribution < -0.4 is 0 Å². The summed E-state index contributed by atoms with van der Waals surface area (Å²) in [5, 5.41) is 0.808. The molecule has 0 aliphatic heterocycles. The maximum Gasteiger partial charge on any atom is 0.353 e. The van der Waals surface area contributed by atoms with Crippen LogP contribution in [0, 0.1) is 5.92 Å². The molecule has 0 atom stereocenters. The third-order valence-corrected chi connectivity index (χ3v) is 2.35. The van der Waals surface area contributed by atoms with Crippen LogP contribution in [-0.4, -0.2) is 16.6 Å². The lowest BCUT2D eigenvalue weighted by molar-refractivity contribution is -0.187. The predicted molar refractivity (Wildman–Crippen MR) is 38.3 cm³/mol. The van der Waals surface area contributed by atoms with Crippen molar-refractivity contribution in [1.82, 2.24) is 0 Å². The van der Waals surface area contributed by atoms with Crippen LogP contribution in [0.1, 0.15) is 0 Å². The molecule has 0 aromatic rings. The van der Waals surface area contributed by atoms with Gasteiger partial charge >= 0.3 is 5.97 Å². The summed E-state index contributed by atoms with van der Waals surface area (Å²) in [6, 6.07) is 0. The van der Waals surface area contributed by atoms with Crippen LogP contribution in [0.4, 0.5) is 4.53 Å². The van der Waals surface area contributed by atoms with Crippen molar-refractivity contribution in [1.29, 1.82) is 0 Å². The van der Waals surface area contributed by atoms with E-state index in [2.05, 4.69) is 36.8 Å². The number of hydrogen-bond donors (Lipinski definition) is 0. The van der Waals surface area contributed by atoms with E-state index in [-0.39, 0.29) is 0 Å². The van der Waals surface area contributed by atoms with E-state index in [0.717, 1.165) is 0 Å². The minimum absolute atomic E-state index is 0.404. The minimum Gasteiger partial charge on any atom is -0.255 e. The van der Waals surface area contributed by atoms with Gasteiger partial charge in [0, 0.05) is 15.2 Å². The highest BCUT2D eigenvalue weighted by molar-refractivity contribution is 9.09. The summed E-state index contributed by atoms with van der Waals surface area (Å²) in [5.74, 6) is -1.28. The largest absolute Gasteiger partial charge is 0.353 e. The molecule has 0 aromatic heterocycles. The summed E-state index contributed by atoms with van der Waals surface area (Å²) in [6.07, 6.45) is 0. The first-order valence-electron chi connectivity index (χ1n) is 2.20. The van der Waals surface area contributed by atoms with E-state index >= 15 is 0 Å². The number of halogens is 3. The highest BCUT2D eigenvalue weighted by Gasteiger charge is 2.17. The maximum absolute atomic E-state index is 11.1. The van der Waals surface area contributed by atoms with E-state index in [1.807, 2.05) is 0 Å². The second kappa shape index (κ2) is 5.17. The average Bonchev–Trinajstić information content (AvgIpc) is 1.90. The van der Waals surface area contributed by atoms with Gasteiger partial charge in [0.1, 0.15) is 0 Å². The topological polar surface area (TPSA) is 26.3 Å². The number of alkyl halides is 2. The van der Waals surface area contributed by atoms with Gasteiger partial charge in [-0.15, -0.1) is 0 Å². The first-order chi connectivity index (χ1) is 4.26. The third-order valence-electron chi connectivity index (χ3n) is 0.782. The molecular weight excluding hydrogens is 259 g/mol. The Labute approximate surface area is 68.9 Å². The number of carbonyl (C=O) groups excluding carboxylic acids is 1. The fraction of sp³-hybridized carbons (Fsp3) is 0.750. The van der Waals surface area contributed by atoms with Crippen LogP contribution in [0.5, 0.6) is 0 Å². The molecule has 54 valence electrons. The molecule has 0 N–H and O–H groups in total. The van der Waals surface area contributed by atoms with Crippen LogP contribution in [0.15, 0.2) is 0 Å². The van der Waals surface area contributed by atoms with E-state index in [9.17, 15) is 9.32 Å². The molecule has 0 unspecified atom stereocenters. The number of hydrogen-bond acceptors (Lipinski definition) is 2. The van der Waals surface area contributed by atoms with Crippen LogP contribution >= 0.6 is 31.9 Å². The zero-order valence-electron chi connectivity index (χ0n) is 4.44. The lowest BCUT2D eigenvalue weighted by atomic mass is 10.2. The molecule has 0 heterocycles. The van der Waals surface area contributed by atoms with E-state index < -0.39 is 11.9 Å². The van der Waals surface area contributed by atoms with Crippen molar-refractivity contribution in [3.63, 3.8) is 0 Å². The monoisotopic (exact) mass is 262 g/mol. The van der Waals surface area contributed by atoms with Gasteiger partial charge < -0.3 is 0 Å². The zero-order chi connectivity index (χ0) is 7.28. The van der Waals surface area contributed by atoms with Gasteiger partial charge in [0.25, 0.3) is 0 Å². The van der Waals surface area contributed by atoms with Crippen molar-refractivity contribution in [2.24, 2.45) is 5.92 Å². The van der Waals surface area contributed by atoms with Crippen molar-refractivity contribution in [2.75, 3.05) is 10.7 Å². The van der Waals surface area contributed by atoms with Gasteiger partial charge in [-0.3, -0.25) is 4.94 Å². The molecule has 2 nitrogen and oxygen atoms in total. The Morgan fingerprint density at radius 1 is 1.56 bits per heavy atom. The van der Waals surface area contributed by atoms with Gasteiger partial charge in [-0.05, 0) is 0 Å². The first kappa shape index (κ1) is 9.36. The zero-order valence-corrected chi connectivity index (χ0v) is 7.61. The second-order valence-corrected chi connectivity index (χ2v) is 2.70. The Balaban J connectivity index is 3.64. The van der Waals surface area contributed by atoms with E-state index in [1.165, 1.54) is 0 Å². The third kappa shape index (κ3) is 3.15. The summed E-state index contributed by atoms with van der Waals surface area (Å²) in [5.41, 5.74) is 0. The summed E-state index contributed by atoms with van der Waals surface area (Å²) in [7, 11) is 0. The average molecular weight is 264 g/mol. The predicted octanol–water partition coefficient (Wildman–Crippen LogP) is 1.82. The van der Waals surface area contributed by atoms with Crippen molar-refractivity contribution >= 4 is 37.8 Å². The Morgan fingerprint density at radius 3 is 2.11 bits per heavy atom. The molecule has 0 rings (SSSR count). The van der Waals surface area contributed by atoms with Gasteiger partial charge in [0.2, 0.25) is 0 Å². The highest BCUT2D eigenvalue weighted by atomic mass is 79.9. The summed E-state index contributed by atoms with van der Waals surface area (Å²) >= 11 is 6.04. The van der Waals surface area contributed by atoms with Gasteiger partial charge in [-0.2, -0.15) is 0 Å². The van der Waals surface area contributed by atoms with E-state index in [0.29, 0.717) is 10.7 Å². The van der Waals surface area contributed by atoms with Crippen LogP contribution in [0.25, 0.3) is 0 Å². The maximum atomic E-state index is 11.1. The Morgan fingerprint density at radius 2 is 2.00 bits per heavy atom. The van der Waals surface area contributed by atoms with Crippen LogP contribution in [-0.2, 0) is 9.74 Å². The van der Waals surface area contributed by atoms with E-state index in [4.69, 9.17) is 0 Å². The number of carbonyl (C=O) groups is 1. The van der Waals surface area contributed by atoms with Gasteiger partial charge in [0.05, 0.1) is 5.92 Å². The highest BCUT2D eigenvalue weighted by Crippen LogP contribution is 2.07. The summed E-state index contributed by atoms with van der Waals surface area (Å²) in [6.45, 7) is 0. The molecule has 0 saturated carbocycles. The van der Waals surface area contributed by atoms with Gasteiger partial charge in [0.15, 0.2) is 0 Å². The van der Waals surface area contributed by atoms with Crippen molar-refractivity contribution in [3.05, 3.63) is 0 Å². The fourth-order valence-corrected chi connectivity index (χ4v) is 1.83. The normalized spacial score (nSPS) is 9.78. The molecule has 0 bridgehead atoms. The quantitative estimate of drug-likeness (QED) is 0.726. The summed E-state index contributed by atoms with van der Waals surface area (Å²) in [4.78, 5) is 13.3. The smallest absolute Gasteiger partial charge is 0.255 e. The molecular formula is C4H5Br2FO2. The second-order valence-electron chi connectivity index (χ2n) is 1.40. The fourth-order valence-electron chi connectivity index (χ4n) is 0.230. The number of rotatable bonds is 3. The Kier molecular flexibility index (Phi) is 5.38. The lowest BCUT2D eigenvalue weighted by Crippen LogP contribution is -2.17. The Hall–Kier alpha value is 0.360. The molecule has 0 radical (unpaired) electrons. The van der Waals surface area contributed by atoms with Crippen molar-refractivity contribution < 1.29 is 14.3 Å². The minimum atomic E-state index is -0.844. The van der Waals surface area contributed by atoms with Crippen molar-refractivity contribution in [3.8, 4) is 0 Å². The van der Waals surface area contributed by atoms with Crippen LogP contribution in [0.2, 0.25) is 0 Å². The van der Waals surface area contributed by atoms with Gasteiger partial charge in [-0.25, -0.2) is 4.79 Å². The van der Waals surface area contributed by atoms with E-state index in [1.54, 1.807) is 0 Å². The standard InChI is InChI=1S/C4H5Br2FO2/c5-1-3(2-6)4(8)9-7/h3H,1-2H2. The molecule has 0 aromatic carbocycles. The summed E-state index contributed by atoms with van der Waals surface area (Å²) < 4.78 is 11.1. The molecule has 0 spiro atoms. The van der Waals surface area contributed by atoms with Crippen LogP contribution in [0.3, 0.4) is 0 Å². The first-order valence-corrected chi connectivity index (χ1v) is 4.45. The van der Waals surface area contributed by atoms with Gasteiger partial charge in [-0.1, -0.05) is 31.9 Å². The molecule has 0 aliphatic rings. The molecule has 9 heavy (non-hydrogen) atoms. The SMILES string of the molecule is O=C(OF)C(CBr)CBr. The molecule has 0 aliphatic carbocycles. The molecule has 0 saturated heterocycles. The lowest BCUT2D eigenvalue weighted by Gasteiger charge is -2.01. The molecule has 0 amide bonds. The molecule has 5 heteroatoms. The molecule has 0 fully saturated rings.